The molecule has 1 aromatic carbocycles. The molecule has 1 aromatic heterocycles. The van der Waals surface area contributed by atoms with Crippen molar-refractivity contribution in [2.24, 2.45) is 10.7 Å². The summed E-state index contributed by atoms with van der Waals surface area (Å²) in [5.41, 5.74) is 7.03. The highest BCUT2D eigenvalue weighted by molar-refractivity contribution is 6.31. The zero-order chi connectivity index (χ0) is 14.3. The van der Waals surface area contributed by atoms with Gasteiger partial charge in [0.1, 0.15) is 23.7 Å². The molecule has 0 unspecified atom stereocenters. The molecule has 0 saturated heterocycles. The summed E-state index contributed by atoms with van der Waals surface area (Å²) in [6, 6.07) is 4.63. The first kappa shape index (κ1) is 12.9. The number of nitrogens with two attached hydrogens (primary N) is 1. The van der Waals surface area contributed by atoms with Crippen molar-refractivity contribution < 1.29 is 4.39 Å². The number of hydrogen-bond acceptors (Lipinski definition) is 4. The third-order valence-electron chi connectivity index (χ3n) is 3.29. The second kappa shape index (κ2) is 4.79. The molecule has 2 aromatic rings. The van der Waals surface area contributed by atoms with Gasteiger partial charge in [0.05, 0.1) is 12.9 Å². The summed E-state index contributed by atoms with van der Waals surface area (Å²) in [5, 5.41) is 1.00. The van der Waals surface area contributed by atoms with Gasteiger partial charge in [-0.25, -0.2) is 14.4 Å². The number of hydrogen-bond donors (Lipinski definition) is 1. The molecule has 0 spiro atoms. The van der Waals surface area contributed by atoms with E-state index in [0.717, 1.165) is 0 Å². The van der Waals surface area contributed by atoms with Gasteiger partial charge in [0.25, 0.3) is 0 Å². The maximum atomic E-state index is 13.8. The van der Waals surface area contributed by atoms with E-state index in [9.17, 15) is 4.39 Å². The molecule has 104 valence electrons. The Morgan fingerprint density at radius 3 is 3.00 bits per heavy atom. The molecule has 0 radical (unpaired) electrons. The Balaban J connectivity index is 2.09. The van der Waals surface area contributed by atoms with E-state index in [4.69, 9.17) is 17.3 Å². The van der Waals surface area contributed by atoms with Crippen LogP contribution in [-0.4, -0.2) is 28.2 Å². The van der Waals surface area contributed by atoms with E-state index in [1.165, 1.54) is 6.07 Å². The molecular formula is C13H13ClFN5. The van der Waals surface area contributed by atoms with Crippen LogP contribution < -0.4 is 16.6 Å². The predicted octanol–water partition coefficient (Wildman–Crippen LogP) is 0.271. The van der Waals surface area contributed by atoms with Crippen molar-refractivity contribution >= 4 is 17.4 Å². The van der Waals surface area contributed by atoms with E-state index < -0.39 is 0 Å². The van der Waals surface area contributed by atoms with Crippen LogP contribution in [0.1, 0.15) is 5.56 Å². The third-order valence-corrected chi connectivity index (χ3v) is 3.64. The zero-order valence-corrected chi connectivity index (χ0v) is 11.6. The van der Waals surface area contributed by atoms with Gasteiger partial charge < -0.3 is 15.2 Å². The number of rotatable bonds is 2. The first-order valence-corrected chi connectivity index (χ1v) is 6.45. The first-order valence-electron chi connectivity index (χ1n) is 6.07. The fourth-order valence-corrected chi connectivity index (χ4v) is 2.34. The molecule has 20 heavy (non-hydrogen) atoms. The van der Waals surface area contributed by atoms with Gasteiger partial charge in [0.15, 0.2) is 5.49 Å². The van der Waals surface area contributed by atoms with Gasteiger partial charge in [-0.3, -0.25) is 0 Å². The van der Waals surface area contributed by atoms with Crippen molar-refractivity contribution in [1.82, 2.24) is 14.5 Å². The van der Waals surface area contributed by atoms with Crippen LogP contribution in [0.3, 0.4) is 0 Å². The minimum absolute atomic E-state index is 0.272. The fourth-order valence-electron chi connectivity index (χ4n) is 2.12. The third kappa shape index (κ3) is 2.02. The van der Waals surface area contributed by atoms with Crippen LogP contribution in [-0.2, 0) is 6.54 Å². The van der Waals surface area contributed by atoms with E-state index in [-0.39, 0.29) is 12.4 Å². The van der Waals surface area contributed by atoms with Crippen LogP contribution in [0.4, 0.5) is 4.39 Å². The van der Waals surface area contributed by atoms with Crippen LogP contribution >= 0.6 is 11.6 Å². The largest absolute Gasteiger partial charge is 0.383 e. The van der Waals surface area contributed by atoms with Crippen LogP contribution in [0, 0.1) is 5.82 Å². The SMILES string of the molecule is CN1CN=c2c(ncn2Cc2c(F)cccc2Cl)=C1N. The minimum Gasteiger partial charge on any atom is -0.383 e. The van der Waals surface area contributed by atoms with E-state index in [0.29, 0.717) is 33.9 Å². The molecule has 0 fully saturated rings. The summed E-state index contributed by atoms with van der Waals surface area (Å²) >= 11 is 6.04. The van der Waals surface area contributed by atoms with Crippen molar-refractivity contribution in [1.29, 1.82) is 0 Å². The fraction of sp³-hybridized carbons (Fsp3) is 0.231. The summed E-state index contributed by atoms with van der Waals surface area (Å²) in [5.74, 6) is 0.221. The Hall–Kier alpha value is -2.08. The van der Waals surface area contributed by atoms with Gasteiger partial charge >= 0.3 is 0 Å². The van der Waals surface area contributed by atoms with Crippen molar-refractivity contribution in [3.8, 4) is 0 Å². The lowest BCUT2D eigenvalue weighted by atomic mass is 10.2. The lowest BCUT2D eigenvalue weighted by Crippen LogP contribution is -2.44. The highest BCUT2D eigenvalue weighted by atomic mass is 35.5. The number of halogens is 2. The smallest absolute Gasteiger partial charge is 0.161 e. The molecule has 0 saturated carbocycles. The number of benzene rings is 1. The second-order valence-corrected chi connectivity index (χ2v) is 5.03. The number of nitrogens with zero attached hydrogens (tertiary/aromatic N) is 4. The normalized spacial score (nSPS) is 14.2. The Labute approximate surface area is 119 Å². The molecule has 2 N–H and O–H groups in total. The van der Waals surface area contributed by atoms with Crippen LogP contribution in [0.15, 0.2) is 29.5 Å². The summed E-state index contributed by atoms with van der Waals surface area (Å²) in [6.45, 7) is 0.726. The molecule has 0 bridgehead atoms. The molecule has 2 heterocycles. The molecule has 0 atom stereocenters. The Bertz CT molecular complexity index is 762. The molecule has 5 nitrogen and oxygen atoms in total. The van der Waals surface area contributed by atoms with Gasteiger partial charge in [-0.2, -0.15) is 0 Å². The average molecular weight is 294 g/mol. The molecule has 0 aliphatic carbocycles. The molecular weight excluding hydrogens is 281 g/mol. The standard InChI is InChI=1S/C13H13ClFN5/c1-19-6-18-13-11(12(19)16)17-7-20(13)5-8-9(14)3-2-4-10(8)15/h2-4,7H,5-6,16H2,1H3. The van der Waals surface area contributed by atoms with Gasteiger partial charge in [0.2, 0.25) is 0 Å². The zero-order valence-electron chi connectivity index (χ0n) is 10.8. The van der Waals surface area contributed by atoms with Crippen LogP contribution in [0.2, 0.25) is 5.02 Å². The number of fused-ring (bicyclic) bond motifs is 1. The van der Waals surface area contributed by atoms with Gasteiger partial charge in [-0.05, 0) is 12.1 Å². The van der Waals surface area contributed by atoms with Crippen LogP contribution in [0.5, 0.6) is 0 Å². The summed E-state index contributed by atoms with van der Waals surface area (Å²) in [4.78, 5) is 10.4. The van der Waals surface area contributed by atoms with E-state index >= 15 is 0 Å². The lowest BCUT2D eigenvalue weighted by molar-refractivity contribution is 0.461. The topological polar surface area (TPSA) is 59.4 Å². The lowest BCUT2D eigenvalue weighted by Gasteiger charge is -2.18. The molecule has 3 rings (SSSR count). The molecule has 7 heteroatoms. The van der Waals surface area contributed by atoms with Crippen LogP contribution in [0.25, 0.3) is 5.82 Å². The van der Waals surface area contributed by atoms with Crippen molar-refractivity contribution in [3.05, 3.63) is 51.8 Å². The Kier molecular flexibility index (Phi) is 3.10. The Morgan fingerprint density at radius 2 is 2.25 bits per heavy atom. The molecule has 0 amide bonds. The highest BCUT2D eigenvalue weighted by Gasteiger charge is 2.14. The molecule has 1 aliphatic heterocycles. The minimum atomic E-state index is -0.343. The first-order chi connectivity index (χ1) is 9.58. The second-order valence-electron chi connectivity index (χ2n) is 4.63. The van der Waals surface area contributed by atoms with E-state index in [1.807, 2.05) is 7.05 Å². The van der Waals surface area contributed by atoms with Crippen molar-refractivity contribution in [2.45, 2.75) is 6.54 Å². The maximum absolute atomic E-state index is 13.8. The van der Waals surface area contributed by atoms with E-state index in [2.05, 4.69) is 9.98 Å². The summed E-state index contributed by atoms with van der Waals surface area (Å²) in [6.07, 6.45) is 1.60. The maximum Gasteiger partial charge on any atom is 0.161 e. The van der Waals surface area contributed by atoms with Gasteiger partial charge in [-0.1, -0.05) is 17.7 Å². The number of aromatic nitrogens is 2. The van der Waals surface area contributed by atoms with Crippen molar-refractivity contribution in [3.63, 3.8) is 0 Å². The predicted molar refractivity (Wildman–Crippen MR) is 73.7 cm³/mol. The quantitative estimate of drug-likeness (QED) is 0.865. The van der Waals surface area contributed by atoms with Gasteiger partial charge in [-0.15, -0.1) is 0 Å². The average Bonchev–Trinajstić information content (AvgIpc) is 2.82. The highest BCUT2D eigenvalue weighted by Crippen LogP contribution is 2.19. The monoisotopic (exact) mass is 293 g/mol. The summed E-state index contributed by atoms with van der Waals surface area (Å²) < 4.78 is 15.6. The number of imidazole rings is 1. The van der Waals surface area contributed by atoms with E-state index in [1.54, 1.807) is 27.9 Å². The molecule has 1 aliphatic rings. The Morgan fingerprint density at radius 1 is 1.45 bits per heavy atom. The van der Waals surface area contributed by atoms with Crippen molar-refractivity contribution in [2.75, 3.05) is 13.7 Å². The summed E-state index contributed by atoms with van der Waals surface area (Å²) in [7, 11) is 1.84. The van der Waals surface area contributed by atoms with Gasteiger partial charge in [0, 0.05) is 17.6 Å².